The first kappa shape index (κ1) is 10.8. The predicted molar refractivity (Wildman–Crippen MR) is 56.0 cm³/mol. The van der Waals surface area contributed by atoms with E-state index in [0.29, 0.717) is 13.0 Å². The summed E-state index contributed by atoms with van der Waals surface area (Å²) in [5.74, 6) is -2.07. The summed E-state index contributed by atoms with van der Waals surface area (Å²) in [6.45, 7) is 1.33. The SMILES string of the molecule is Oc1c(F)cc(Br)c(F)c1C1CCNC1. The second-order valence-corrected chi connectivity index (χ2v) is 4.46. The number of rotatable bonds is 1. The van der Waals surface area contributed by atoms with Gasteiger partial charge in [0.2, 0.25) is 0 Å². The Labute approximate surface area is 94.4 Å². The summed E-state index contributed by atoms with van der Waals surface area (Å²) < 4.78 is 27.0. The molecule has 1 aromatic carbocycles. The molecule has 5 heteroatoms. The van der Waals surface area contributed by atoms with Crippen LogP contribution in [0.3, 0.4) is 0 Å². The van der Waals surface area contributed by atoms with Gasteiger partial charge >= 0.3 is 0 Å². The lowest BCUT2D eigenvalue weighted by Gasteiger charge is -2.13. The van der Waals surface area contributed by atoms with Crippen LogP contribution in [0.15, 0.2) is 10.5 Å². The quantitative estimate of drug-likeness (QED) is 0.774. The van der Waals surface area contributed by atoms with Gasteiger partial charge in [-0.15, -0.1) is 0 Å². The summed E-state index contributed by atoms with van der Waals surface area (Å²) in [6, 6.07) is 0.941. The molecular weight excluding hydrogens is 268 g/mol. The summed E-state index contributed by atoms with van der Waals surface area (Å²) >= 11 is 2.93. The monoisotopic (exact) mass is 277 g/mol. The van der Waals surface area contributed by atoms with Crippen molar-refractivity contribution in [1.29, 1.82) is 0 Å². The van der Waals surface area contributed by atoms with E-state index >= 15 is 0 Å². The van der Waals surface area contributed by atoms with Gasteiger partial charge in [0.25, 0.3) is 0 Å². The third-order valence-electron chi connectivity index (χ3n) is 2.65. The first-order chi connectivity index (χ1) is 7.11. The number of benzene rings is 1. The predicted octanol–water partition coefficient (Wildman–Crippen LogP) is 2.51. The zero-order valence-electron chi connectivity index (χ0n) is 7.86. The zero-order chi connectivity index (χ0) is 11.0. The molecule has 15 heavy (non-hydrogen) atoms. The topological polar surface area (TPSA) is 32.3 Å². The molecule has 1 heterocycles. The lowest BCUT2D eigenvalue weighted by atomic mass is 9.96. The second-order valence-electron chi connectivity index (χ2n) is 3.61. The molecule has 1 unspecified atom stereocenters. The Morgan fingerprint density at radius 1 is 1.47 bits per heavy atom. The number of aromatic hydroxyl groups is 1. The molecule has 2 N–H and O–H groups in total. The average Bonchev–Trinajstić information content (AvgIpc) is 2.69. The van der Waals surface area contributed by atoms with Crippen LogP contribution in [-0.4, -0.2) is 18.2 Å². The number of hydrogen-bond donors (Lipinski definition) is 2. The largest absolute Gasteiger partial charge is 0.505 e. The molecule has 82 valence electrons. The molecule has 0 bridgehead atoms. The highest BCUT2D eigenvalue weighted by molar-refractivity contribution is 9.10. The number of phenols is 1. The van der Waals surface area contributed by atoms with E-state index in [-0.39, 0.29) is 16.0 Å². The minimum Gasteiger partial charge on any atom is -0.505 e. The Morgan fingerprint density at radius 3 is 2.80 bits per heavy atom. The first-order valence-corrected chi connectivity index (χ1v) is 5.47. The smallest absolute Gasteiger partial charge is 0.166 e. The molecule has 2 nitrogen and oxygen atoms in total. The van der Waals surface area contributed by atoms with E-state index in [1.807, 2.05) is 0 Å². The van der Waals surface area contributed by atoms with E-state index in [9.17, 15) is 13.9 Å². The zero-order valence-corrected chi connectivity index (χ0v) is 9.44. The highest BCUT2D eigenvalue weighted by atomic mass is 79.9. The van der Waals surface area contributed by atoms with Crippen LogP contribution < -0.4 is 5.32 Å². The molecule has 0 saturated carbocycles. The summed E-state index contributed by atoms with van der Waals surface area (Å²) in [7, 11) is 0. The molecule has 1 aliphatic rings. The normalized spacial score (nSPS) is 20.9. The molecule has 0 aromatic heterocycles. The summed E-state index contributed by atoms with van der Waals surface area (Å²) in [5, 5.41) is 12.5. The van der Waals surface area contributed by atoms with E-state index in [1.54, 1.807) is 0 Å². The van der Waals surface area contributed by atoms with Crippen molar-refractivity contribution in [2.45, 2.75) is 12.3 Å². The van der Waals surface area contributed by atoms with E-state index in [0.717, 1.165) is 12.6 Å². The van der Waals surface area contributed by atoms with Gasteiger partial charge in [-0.25, -0.2) is 8.78 Å². The van der Waals surface area contributed by atoms with Crippen LogP contribution in [-0.2, 0) is 0 Å². The van der Waals surface area contributed by atoms with E-state index in [1.165, 1.54) is 0 Å². The van der Waals surface area contributed by atoms with Gasteiger partial charge in [0.05, 0.1) is 4.47 Å². The van der Waals surface area contributed by atoms with Crippen LogP contribution >= 0.6 is 15.9 Å². The molecule has 1 fully saturated rings. The average molecular weight is 278 g/mol. The lowest BCUT2D eigenvalue weighted by molar-refractivity contribution is 0.410. The van der Waals surface area contributed by atoms with Crippen molar-refractivity contribution in [3.63, 3.8) is 0 Å². The van der Waals surface area contributed by atoms with Crippen LogP contribution in [0.25, 0.3) is 0 Å². The van der Waals surface area contributed by atoms with Crippen LogP contribution in [0.4, 0.5) is 8.78 Å². The Balaban J connectivity index is 2.52. The molecule has 0 radical (unpaired) electrons. The number of phenolic OH excluding ortho intramolecular Hbond substituents is 1. The Bertz CT molecular complexity index is 365. The van der Waals surface area contributed by atoms with E-state index in [4.69, 9.17) is 0 Å². The molecule has 0 aliphatic carbocycles. The molecule has 1 saturated heterocycles. The number of halogens is 3. The van der Waals surface area contributed by atoms with Crippen molar-refractivity contribution < 1.29 is 13.9 Å². The van der Waals surface area contributed by atoms with Crippen LogP contribution in [0, 0.1) is 11.6 Å². The lowest BCUT2D eigenvalue weighted by Crippen LogP contribution is -2.09. The van der Waals surface area contributed by atoms with Gasteiger partial charge in [-0.2, -0.15) is 0 Å². The van der Waals surface area contributed by atoms with Crippen molar-refractivity contribution in [3.8, 4) is 5.75 Å². The Hall–Kier alpha value is -0.680. The van der Waals surface area contributed by atoms with Gasteiger partial charge < -0.3 is 10.4 Å². The van der Waals surface area contributed by atoms with Crippen molar-refractivity contribution in [2.75, 3.05) is 13.1 Å². The standard InChI is InChI=1S/C10H10BrF2NO/c11-6-3-7(12)10(15)8(9(6)13)5-1-2-14-4-5/h3,5,14-15H,1-2,4H2. The fourth-order valence-electron chi connectivity index (χ4n) is 1.88. The van der Waals surface area contributed by atoms with Gasteiger partial charge in [0.15, 0.2) is 11.6 Å². The molecule has 0 spiro atoms. The number of nitrogens with one attached hydrogen (secondary N) is 1. The van der Waals surface area contributed by atoms with Gasteiger partial charge in [-0.3, -0.25) is 0 Å². The third kappa shape index (κ3) is 1.86. The van der Waals surface area contributed by atoms with Crippen molar-refractivity contribution >= 4 is 15.9 Å². The minimum absolute atomic E-state index is 0.0553. The summed E-state index contributed by atoms with van der Waals surface area (Å²) in [4.78, 5) is 0. The van der Waals surface area contributed by atoms with Gasteiger partial charge in [0.1, 0.15) is 5.82 Å². The molecule has 2 rings (SSSR count). The Morgan fingerprint density at radius 2 is 2.20 bits per heavy atom. The maximum Gasteiger partial charge on any atom is 0.166 e. The van der Waals surface area contributed by atoms with Crippen LogP contribution in [0.1, 0.15) is 17.9 Å². The van der Waals surface area contributed by atoms with Gasteiger partial charge in [-0.05, 0) is 35.0 Å². The molecule has 1 aromatic rings. The summed E-state index contributed by atoms with van der Waals surface area (Å²) in [6.07, 6.45) is 0.709. The van der Waals surface area contributed by atoms with Gasteiger partial charge in [-0.1, -0.05) is 0 Å². The minimum atomic E-state index is -0.787. The highest BCUT2D eigenvalue weighted by Crippen LogP contribution is 2.37. The van der Waals surface area contributed by atoms with Gasteiger partial charge in [0, 0.05) is 18.0 Å². The molecular formula is C10H10BrF2NO. The van der Waals surface area contributed by atoms with Crippen molar-refractivity contribution in [3.05, 3.63) is 27.7 Å². The second kappa shape index (κ2) is 4.06. The first-order valence-electron chi connectivity index (χ1n) is 4.68. The van der Waals surface area contributed by atoms with Crippen LogP contribution in [0.5, 0.6) is 5.75 Å². The van der Waals surface area contributed by atoms with Crippen molar-refractivity contribution in [2.24, 2.45) is 0 Å². The molecule has 1 aliphatic heterocycles. The van der Waals surface area contributed by atoms with Crippen LogP contribution in [0.2, 0.25) is 0 Å². The fourth-order valence-corrected chi connectivity index (χ4v) is 2.29. The Kier molecular flexibility index (Phi) is 2.93. The number of hydrogen-bond acceptors (Lipinski definition) is 2. The van der Waals surface area contributed by atoms with E-state index in [2.05, 4.69) is 21.2 Å². The summed E-state index contributed by atoms with van der Waals surface area (Å²) in [5.41, 5.74) is 0.0758. The fraction of sp³-hybridized carbons (Fsp3) is 0.400. The maximum absolute atomic E-state index is 13.7. The third-order valence-corrected chi connectivity index (χ3v) is 3.23. The van der Waals surface area contributed by atoms with Crippen molar-refractivity contribution in [1.82, 2.24) is 5.32 Å². The highest BCUT2D eigenvalue weighted by Gasteiger charge is 2.26. The maximum atomic E-state index is 13.7. The van der Waals surface area contributed by atoms with E-state index < -0.39 is 17.4 Å². The molecule has 1 atom stereocenters. The molecule has 0 amide bonds.